The van der Waals surface area contributed by atoms with E-state index in [1.165, 1.54) is 7.11 Å². The zero-order valence-electron chi connectivity index (χ0n) is 6.04. The predicted molar refractivity (Wildman–Crippen MR) is 36.3 cm³/mol. The molecule has 60 valence electrons. The Bertz CT molecular complexity index is 105. The van der Waals surface area contributed by atoms with Gasteiger partial charge in [-0.2, -0.15) is 0 Å². The van der Waals surface area contributed by atoms with Crippen LogP contribution in [0, 0.1) is 0 Å². The van der Waals surface area contributed by atoms with Gasteiger partial charge in [-0.3, -0.25) is 4.79 Å². The molecule has 4 nitrogen and oxygen atoms in total. The quantitative estimate of drug-likeness (QED) is 0.514. The van der Waals surface area contributed by atoms with Gasteiger partial charge >= 0.3 is 5.97 Å². The molecule has 0 heterocycles. The number of esters is 1. The fourth-order valence-corrected chi connectivity index (χ4v) is 0.497. The summed E-state index contributed by atoms with van der Waals surface area (Å²) < 4.78 is 4.37. The van der Waals surface area contributed by atoms with Crippen LogP contribution in [0.3, 0.4) is 0 Å². The topological polar surface area (TPSA) is 72.5 Å². The molecule has 0 spiro atoms. The summed E-state index contributed by atoms with van der Waals surface area (Å²) in [5.41, 5.74) is 5.32. The van der Waals surface area contributed by atoms with Crippen molar-refractivity contribution in [1.82, 2.24) is 0 Å². The monoisotopic (exact) mass is 147 g/mol. The molecule has 0 aliphatic heterocycles. The number of carbonyl (C=O) groups is 1. The molecule has 3 N–H and O–H groups in total. The van der Waals surface area contributed by atoms with Crippen LogP contribution in [-0.4, -0.2) is 30.8 Å². The molecule has 1 atom stereocenters. The number of methoxy groups -OCH3 is 1. The van der Waals surface area contributed by atoms with E-state index in [0.29, 0.717) is 6.42 Å². The van der Waals surface area contributed by atoms with Gasteiger partial charge in [-0.1, -0.05) is 0 Å². The van der Waals surface area contributed by atoms with E-state index in [9.17, 15) is 4.79 Å². The molecule has 0 fully saturated rings. The minimum atomic E-state index is -0.306. The van der Waals surface area contributed by atoms with E-state index < -0.39 is 0 Å². The van der Waals surface area contributed by atoms with Crippen LogP contribution in [0.15, 0.2) is 0 Å². The van der Waals surface area contributed by atoms with Crippen LogP contribution in [0.25, 0.3) is 0 Å². The molecule has 0 aromatic heterocycles. The molecule has 0 radical (unpaired) electrons. The van der Waals surface area contributed by atoms with Crippen molar-refractivity contribution >= 4 is 5.97 Å². The fourth-order valence-electron chi connectivity index (χ4n) is 0.497. The summed E-state index contributed by atoms with van der Waals surface area (Å²) in [5.74, 6) is -0.288. The van der Waals surface area contributed by atoms with Crippen molar-refractivity contribution in [1.29, 1.82) is 0 Å². The highest BCUT2D eigenvalue weighted by Gasteiger charge is 2.04. The Balaban J connectivity index is 3.26. The molecule has 0 bridgehead atoms. The van der Waals surface area contributed by atoms with Crippen molar-refractivity contribution in [3.8, 4) is 0 Å². The summed E-state index contributed by atoms with van der Waals surface area (Å²) in [4.78, 5) is 10.5. The second-order valence-corrected chi connectivity index (χ2v) is 2.06. The highest BCUT2D eigenvalue weighted by molar-refractivity contribution is 5.69. The van der Waals surface area contributed by atoms with Gasteiger partial charge in [0.05, 0.1) is 13.7 Å². The number of nitrogens with two attached hydrogens (primary N) is 1. The Hall–Kier alpha value is -0.610. The van der Waals surface area contributed by atoms with E-state index in [2.05, 4.69) is 4.74 Å². The SMILES string of the molecule is COC(=O)CC[C@@H](N)CO. The summed E-state index contributed by atoms with van der Waals surface area (Å²) in [7, 11) is 1.33. The largest absolute Gasteiger partial charge is 0.469 e. The second-order valence-electron chi connectivity index (χ2n) is 2.06. The van der Waals surface area contributed by atoms with Gasteiger partial charge in [0, 0.05) is 12.5 Å². The summed E-state index contributed by atoms with van der Waals surface area (Å²) in [5, 5.41) is 8.44. The molecule has 0 aliphatic carbocycles. The maximum atomic E-state index is 10.5. The standard InChI is InChI=1S/C6H13NO3/c1-10-6(9)3-2-5(7)4-8/h5,8H,2-4,7H2,1H3/t5-/m1/s1. The first-order valence-electron chi connectivity index (χ1n) is 3.14. The highest BCUT2D eigenvalue weighted by Crippen LogP contribution is 1.94. The van der Waals surface area contributed by atoms with Crippen LogP contribution >= 0.6 is 0 Å². The molecule has 0 amide bonds. The molecular weight excluding hydrogens is 134 g/mol. The first-order valence-corrected chi connectivity index (χ1v) is 3.14. The minimum Gasteiger partial charge on any atom is -0.469 e. The third-order valence-corrected chi connectivity index (χ3v) is 1.18. The minimum absolute atomic E-state index is 0.0863. The van der Waals surface area contributed by atoms with Crippen LogP contribution in [0.5, 0.6) is 0 Å². The van der Waals surface area contributed by atoms with Gasteiger partial charge in [0.2, 0.25) is 0 Å². The Morgan fingerprint density at radius 2 is 2.40 bits per heavy atom. The molecule has 0 saturated carbocycles. The number of rotatable bonds is 4. The lowest BCUT2D eigenvalue weighted by Crippen LogP contribution is -2.25. The van der Waals surface area contributed by atoms with Gasteiger partial charge in [-0.25, -0.2) is 0 Å². The fraction of sp³-hybridized carbons (Fsp3) is 0.833. The number of hydrogen-bond donors (Lipinski definition) is 2. The zero-order chi connectivity index (χ0) is 7.98. The molecular formula is C6H13NO3. The van der Waals surface area contributed by atoms with E-state index in [-0.39, 0.29) is 25.0 Å². The molecule has 0 aromatic carbocycles. The number of ether oxygens (including phenoxy) is 1. The normalized spacial score (nSPS) is 12.7. The van der Waals surface area contributed by atoms with Crippen molar-refractivity contribution in [3.05, 3.63) is 0 Å². The van der Waals surface area contributed by atoms with E-state index in [1.807, 2.05) is 0 Å². The molecule has 0 unspecified atom stereocenters. The van der Waals surface area contributed by atoms with Crippen molar-refractivity contribution < 1.29 is 14.6 Å². The molecule has 0 rings (SSSR count). The van der Waals surface area contributed by atoms with Gasteiger partial charge in [0.15, 0.2) is 0 Å². The maximum absolute atomic E-state index is 10.5. The third-order valence-electron chi connectivity index (χ3n) is 1.18. The summed E-state index contributed by atoms with van der Waals surface area (Å²) >= 11 is 0. The van der Waals surface area contributed by atoms with Crippen molar-refractivity contribution in [2.24, 2.45) is 5.73 Å². The van der Waals surface area contributed by atoms with Crippen LogP contribution in [0.2, 0.25) is 0 Å². The predicted octanol–water partition coefficient (Wildman–Crippen LogP) is -0.741. The Kier molecular flexibility index (Phi) is 4.88. The van der Waals surface area contributed by atoms with Crippen LogP contribution in [0.4, 0.5) is 0 Å². The first-order chi connectivity index (χ1) is 4.70. The molecule has 0 aliphatic rings. The third kappa shape index (κ3) is 4.29. The number of aliphatic hydroxyl groups excluding tert-OH is 1. The van der Waals surface area contributed by atoms with Crippen molar-refractivity contribution in [3.63, 3.8) is 0 Å². The van der Waals surface area contributed by atoms with Gasteiger partial charge in [-0.15, -0.1) is 0 Å². The Labute approximate surface area is 60.0 Å². The van der Waals surface area contributed by atoms with Crippen LogP contribution < -0.4 is 5.73 Å². The van der Waals surface area contributed by atoms with Gasteiger partial charge in [0.1, 0.15) is 0 Å². The van der Waals surface area contributed by atoms with E-state index in [0.717, 1.165) is 0 Å². The molecule has 10 heavy (non-hydrogen) atoms. The lowest BCUT2D eigenvalue weighted by molar-refractivity contribution is -0.140. The summed E-state index contributed by atoms with van der Waals surface area (Å²) in [6.45, 7) is -0.0863. The number of carbonyl (C=O) groups excluding carboxylic acids is 1. The molecule has 0 saturated heterocycles. The Morgan fingerprint density at radius 3 is 2.80 bits per heavy atom. The average molecular weight is 147 g/mol. The van der Waals surface area contributed by atoms with Crippen LogP contribution in [0.1, 0.15) is 12.8 Å². The summed E-state index contributed by atoms with van der Waals surface area (Å²) in [6, 6.07) is -0.306. The van der Waals surface area contributed by atoms with E-state index in [4.69, 9.17) is 10.8 Å². The highest BCUT2D eigenvalue weighted by atomic mass is 16.5. The molecule has 4 heteroatoms. The number of aliphatic hydroxyl groups is 1. The average Bonchev–Trinajstić information content (AvgIpc) is 1.99. The van der Waals surface area contributed by atoms with Crippen molar-refractivity contribution in [2.75, 3.05) is 13.7 Å². The number of hydrogen-bond acceptors (Lipinski definition) is 4. The van der Waals surface area contributed by atoms with Crippen LogP contribution in [-0.2, 0) is 9.53 Å². The first kappa shape index (κ1) is 9.39. The van der Waals surface area contributed by atoms with Gasteiger partial charge in [-0.05, 0) is 6.42 Å². The van der Waals surface area contributed by atoms with Crippen molar-refractivity contribution in [2.45, 2.75) is 18.9 Å². The molecule has 0 aromatic rings. The Morgan fingerprint density at radius 1 is 1.80 bits per heavy atom. The lowest BCUT2D eigenvalue weighted by Gasteiger charge is -2.04. The maximum Gasteiger partial charge on any atom is 0.305 e. The lowest BCUT2D eigenvalue weighted by atomic mass is 10.2. The smallest absolute Gasteiger partial charge is 0.305 e. The van der Waals surface area contributed by atoms with E-state index >= 15 is 0 Å². The summed E-state index contributed by atoms with van der Waals surface area (Å²) in [6.07, 6.45) is 0.751. The van der Waals surface area contributed by atoms with Gasteiger partial charge < -0.3 is 15.6 Å². The zero-order valence-corrected chi connectivity index (χ0v) is 6.04. The van der Waals surface area contributed by atoms with E-state index in [1.54, 1.807) is 0 Å². The van der Waals surface area contributed by atoms with Gasteiger partial charge in [0.25, 0.3) is 0 Å². The second kappa shape index (κ2) is 5.20.